The van der Waals surface area contributed by atoms with Crippen LogP contribution in [0.5, 0.6) is 0 Å². The third-order valence-electron chi connectivity index (χ3n) is 4.52. The number of nitrogens with two attached hydrogens (primary N) is 1. The standard InChI is InChI=1S/C18H21N3O4/c1-20-8-9-21(11-15(20)17(19)22)10-12-6-7-16(25-12)13-4-2-3-5-14(13)18(23)24/h2-7,15H,8-11H2,1H3,(H2,19,22)(H,23,24). The van der Waals surface area contributed by atoms with Crippen LogP contribution in [0.3, 0.4) is 0 Å². The normalized spacial score (nSPS) is 19.0. The van der Waals surface area contributed by atoms with Gasteiger partial charge in [0, 0.05) is 25.2 Å². The van der Waals surface area contributed by atoms with Gasteiger partial charge in [0.15, 0.2) is 0 Å². The van der Waals surface area contributed by atoms with E-state index in [0.717, 1.165) is 18.8 Å². The first kappa shape index (κ1) is 17.2. The molecular formula is C18H21N3O4. The molecule has 0 saturated carbocycles. The van der Waals surface area contributed by atoms with Gasteiger partial charge in [-0.2, -0.15) is 0 Å². The zero-order valence-electron chi connectivity index (χ0n) is 14.0. The lowest BCUT2D eigenvalue weighted by atomic mass is 10.1. The number of benzene rings is 1. The lowest BCUT2D eigenvalue weighted by Crippen LogP contribution is -2.56. The Hall–Kier alpha value is -2.64. The van der Waals surface area contributed by atoms with E-state index in [4.69, 9.17) is 10.2 Å². The molecule has 0 aliphatic carbocycles. The summed E-state index contributed by atoms with van der Waals surface area (Å²) in [4.78, 5) is 26.9. The number of rotatable bonds is 5. The SMILES string of the molecule is CN1CCN(Cc2ccc(-c3ccccc3C(=O)O)o2)CC1C(N)=O. The number of aromatic carboxylic acids is 1. The number of carbonyl (C=O) groups excluding carboxylic acids is 1. The van der Waals surface area contributed by atoms with E-state index in [2.05, 4.69) is 4.90 Å². The van der Waals surface area contributed by atoms with Crippen molar-refractivity contribution in [2.75, 3.05) is 26.7 Å². The third kappa shape index (κ3) is 3.72. The Balaban J connectivity index is 1.75. The molecule has 0 spiro atoms. The maximum atomic E-state index is 11.5. The summed E-state index contributed by atoms with van der Waals surface area (Å²) < 4.78 is 5.85. The first-order valence-corrected chi connectivity index (χ1v) is 8.09. The second-order valence-electron chi connectivity index (χ2n) is 6.25. The fourth-order valence-corrected chi connectivity index (χ4v) is 3.09. The highest BCUT2D eigenvalue weighted by molar-refractivity contribution is 5.95. The van der Waals surface area contributed by atoms with E-state index in [1.807, 2.05) is 18.0 Å². The van der Waals surface area contributed by atoms with Crippen molar-refractivity contribution in [3.63, 3.8) is 0 Å². The first-order chi connectivity index (χ1) is 12.0. The minimum Gasteiger partial charge on any atom is -0.478 e. The van der Waals surface area contributed by atoms with Crippen molar-refractivity contribution >= 4 is 11.9 Å². The van der Waals surface area contributed by atoms with Crippen LogP contribution in [-0.4, -0.2) is 59.5 Å². The van der Waals surface area contributed by atoms with Crippen LogP contribution in [0.2, 0.25) is 0 Å². The van der Waals surface area contributed by atoms with Crippen molar-refractivity contribution in [2.24, 2.45) is 5.73 Å². The van der Waals surface area contributed by atoms with Crippen molar-refractivity contribution in [1.29, 1.82) is 0 Å². The fourth-order valence-electron chi connectivity index (χ4n) is 3.09. The Kier molecular flexibility index (Phi) is 4.87. The summed E-state index contributed by atoms with van der Waals surface area (Å²) >= 11 is 0. The topological polar surface area (TPSA) is 100 Å². The van der Waals surface area contributed by atoms with E-state index in [1.54, 1.807) is 30.3 Å². The molecule has 1 aliphatic heterocycles. The number of hydrogen-bond donors (Lipinski definition) is 2. The van der Waals surface area contributed by atoms with Crippen LogP contribution in [0, 0.1) is 0 Å². The Morgan fingerprint density at radius 2 is 2.00 bits per heavy atom. The molecule has 1 aromatic carbocycles. The van der Waals surface area contributed by atoms with Gasteiger partial charge >= 0.3 is 5.97 Å². The molecule has 1 atom stereocenters. The van der Waals surface area contributed by atoms with E-state index in [-0.39, 0.29) is 17.5 Å². The summed E-state index contributed by atoms with van der Waals surface area (Å²) in [6, 6.07) is 10.1. The molecule has 3 rings (SSSR count). The fraction of sp³-hybridized carbons (Fsp3) is 0.333. The second kappa shape index (κ2) is 7.08. The molecule has 1 unspecified atom stereocenters. The number of furan rings is 1. The van der Waals surface area contributed by atoms with Crippen LogP contribution < -0.4 is 5.73 Å². The molecule has 3 N–H and O–H groups in total. The number of carboxylic acid groups (broad SMARTS) is 1. The Morgan fingerprint density at radius 3 is 2.72 bits per heavy atom. The molecule has 132 valence electrons. The lowest BCUT2D eigenvalue weighted by molar-refractivity contribution is -0.125. The number of hydrogen-bond acceptors (Lipinski definition) is 5. The van der Waals surface area contributed by atoms with Gasteiger partial charge in [0.1, 0.15) is 17.6 Å². The molecule has 25 heavy (non-hydrogen) atoms. The van der Waals surface area contributed by atoms with E-state index < -0.39 is 5.97 Å². The van der Waals surface area contributed by atoms with Crippen molar-refractivity contribution in [3.05, 3.63) is 47.7 Å². The molecule has 7 nitrogen and oxygen atoms in total. The summed E-state index contributed by atoms with van der Waals surface area (Å²) in [7, 11) is 1.89. The number of carboxylic acids is 1. The number of piperazine rings is 1. The monoisotopic (exact) mass is 343 g/mol. The van der Waals surface area contributed by atoms with Gasteiger partial charge in [-0.05, 0) is 25.2 Å². The second-order valence-corrected chi connectivity index (χ2v) is 6.25. The minimum atomic E-state index is -0.989. The van der Waals surface area contributed by atoms with Crippen LogP contribution in [0.1, 0.15) is 16.1 Å². The van der Waals surface area contributed by atoms with E-state index in [9.17, 15) is 14.7 Å². The van der Waals surface area contributed by atoms with Gasteiger partial charge in [-0.1, -0.05) is 18.2 Å². The average molecular weight is 343 g/mol. The molecule has 1 amide bonds. The van der Waals surface area contributed by atoms with Gasteiger partial charge in [0.2, 0.25) is 5.91 Å². The molecule has 2 heterocycles. The van der Waals surface area contributed by atoms with Crippen LogP contribution in [0.15, 0.2) is 40.8 Å². The lowest BCUT2D eigenvalue weighted by Gasteiger charge is -2.37. The summed E-state index contributed by atoms with van der Waals surface area (Å²) in [5.74, 6) is -0.0730. The van der Waals surface area contributed by atoms with E-state index in [0.29, 0.717) is 24.4 Å². The predicted octanol–water partition coefficient (Wildman–Crippen LogP) is 1.25. The summed E-state index contributed by atoms with van der Waals surface area (Å²) in [5, 5.41) is 9.30. The van der Waals surface area contributed by atoms with Gasteiger partial charge < -0.3 is 15.3 Å². The molecular weight excluding hydrogens is 322 g/mol. The van der Waals surface area contributed by atoms with Crippen LogP contribution >= 0.6 is 0 Å². The van der Waals surface area contributed by atoms with Gasteiger partial charge in [-0.3, -0.25) is 14.6 Å². The predicted molar refractivity (Wildman–Crippen MR) is 92.0 cm³/mol. The van der Waals surface area contributed by atoms with Gasteiger partial charge in [0.05, 0.1) is 12.1 Å². The van der Waals surface area contributed by atoms with E-state index in [1.165, 1.54) is 0 Å². The average Bonchev–Trinajstić information content (AvgIpc) is 3.04. The summed E-state index contributed by atoms with van der Waals surface area (Å²) in [5.41, 5.74) is 6.21. The maximum absolute atomic E-state index is 11.5. The summed E-state index contributed by atoms with van der Waals surface area (Å²) in [6.07, 6.45) is 0. The third-order valence-corrected chi connectivity index (χ3v) is 4.52. The molecule has 1 aromatic heterocycles. The number of carbonyl (C=O) groups is 2. The first-order valence-electron chi connectivity index (χ1n) is 8.09. The Bertz CT molecular complexity index is 786. The number of primary amides is 1. The largest absolute Gasteiger partial charge is 0.478 e. The van der Waals surface area contributed by atoms with Crippen LogP contribution in [0.25, 0.3) is 11.3 Å². The molecule has 0 bridgehead atoms. The van der Waals surface area contributed by atoms with Crippen LogP contribution in [-0.2, 0) is 11.3 Å². The van der Waals surface area contributed by atoms with Gasteiger partial charge in [-0.25, -0.2) is 4.79 Å². The Labute approximate surface area is 145 Å². The van der Waals surface area contributed by atoms with Gasteiger partial charge in [-0.15, -0.1) is 0 Å². The van der Waals surface area contributed by atoms with Crippen molar-refractivity contribution in [1.82, 2.24) is 9.80 Å². The highest BCUT2D eigenvalue weighted by Gasteiger charge is 2.28. The molecule has 7 heteroatoms. The maximum Gasteiger partial charge on any atom is 0.336 e. The number of amides is 1. The zero-order valence-corrected chi connectivity index (χ0v) is 14.0. The van der Waals surface area contributed by atoms with Crippen molar-refractivity contribution in [3.8, 4) is 11.3 Å². The van der Waals surface area contributed by atoms with Gasteiger partial charge in [0.25, 0.3) is 0 Å². The Morgan fingerprint density at radius 1 is 1.24 bits per heavy atom. The van der Waals surface area contributed by atoms with E-state index >= 15 is 0 Å². The number of likely N-dealkylation sites (N-methyl/N-ethyl adjacent to an activating group) is 1. The van der Waals surface area contributed by atoms with Crippen LogP contribution in [0.4, 0.5) is 0 Å². The highest BCUT2D eigenvalue weighted by atomic mass is 16.4. The summed E-state index contributed by atoms with van der Waals surface area (Å²) in [6.45, 7) is 2.66. The molecule has 1 aliphatic rings. The number of nitrogens with zero attached hydrogens (tertiary/aromatic N) is 2. The van der Waals surface area contributed by atoms with Crippen molar-refractivity contribution in [2.45, 2.75) is 12.6 Å². The minimum absolute atomic E-state index is 0.205. The highest BCUT2D eigenvalue weighted by Crippen LogP contribution is 2.26. The molecule has 2 aromatic rings. The molecule has 1 fully saturated rings. The zero-order chi connectivity index (χ0) is 18.0. The quantitative estimate of drug-likeness (QED) is 0.847. The smallest absolute Gasteiger partial charge is 0.336 e. The van der Waals surface area contributed by atoms with Crippen molar-refractivity contribution < 1.29 is 19.1 Å². The molecule has 0 radical (unpaired) electrons. The molecule has 1 saturated heterocycles.